The molecule has 0 aliphatic heterocycles. The van der Waals surface area contributed by atoms with Crippen LogP contribution in [0, 0.1) is 0 Å². The molecule has 0 radical (unpaired) electrons. The van der Waals surface area contributed by atoms with E-state index < -0.39 is 0 Å². The number of hydrogen-bond acceptors (Lipinski definition) is 5. The van der Waals surface area contributed by atoms with E-state index in [-0.39, 0.29) is 24.7 Å². The van der Waals surface area contributed by atoms with Crippen LogP contribution in [0.15, 0.2) is 46.9 Å². The molecule has 1 N–H and O–H groups in total. The molecule has 2 rings (SSSR count). The topological polar surface area (TPSA) is 59.9 Å². The lowest BCUT2D eigenvalue weighted by Crippen LogP contribution is -2.29. The van der Waals surface area contributed by atoms with Crippen molar-refractivity contribution >= 4 is 23.5 Å². The second-order valence-corrected chi connectivity index (χ2v) is 6.50. The van der Waals surface area contributed by atoms with Crippen LogP contribution in [0.3, 0.4) is 0 Å². The lowest BCUT2D eigenvalue weighted by molar-refractivity contribution is -0.126. The molecule has 1 aromatic heterocycles. The Balaban J connectivity index is 1.81. The number of benzene rings is 1. The summed E-state index contributed by atoms with van der Waals surface area (Å²) in [5.41, 5.74) is 0.804. The molecular weight excluding hydrogens is 324 g/mol. The standard InChI is InChI=1S/C18H22N2O3S/c1-13(2)23-16-8-5-4-7-15(16)11-19-22-12-18(21)20-14(3)17-9-6-10-24-17/h4-11,13-14H,12H2,1-3H3,(H,20,21)/b19-11+. The number of amides is 1. The predicted molar refractivity (Wildman–Crippen MR) is 96.6 cm³/mol. The van der Waals surface area contributed by atoms with Gasteiger partial charge in [0.15, 0.2) is 6.61 Å². The molecule has 0 aliphatic rings. The molecule has 128 valence electrons. The fourth-order valence-electron chi connectivity index (χ4n) is 2.03. The minimum absolute atomic E-state index is 0.0368. The second kappa shape index (κ2) is 9.08. The summed E-state index contributed by atoms with van der Waals surface area (Å²) < 4.78 is 5.69. The zero-order valence-electron chi connectivity index (χ0n) is 14.1. The molecule has 1 heterocycles. The number of hydrogen-bond donors (Lipinski definition) is 1. The van der Waals surface area contributed by atoms with Gasteiger partial charge in [0.2, 0.25) is 0 Å². The van der Waals surface area contributed by atoms with Crippen LogP contribution in [-0.4, -0.2) is 24.8 Å². The SMILES string of the molecule is CC(C)Oc1ccccc1/C=N/OCC(=O)NC(C)c1cccs1. The van der Waals surface area contributed by atoms with E-state index in [2.05, 4.69) is 10.5 Å². The summed E-state index contributed by atoms with van der Waals surface area (Å²) in [5.74, 6) is 0.524. The molecule has 5 nitrogen and oxygen atoms in total. The van der Waals surface area contributed by atoms with Gasteiger partial charge in [0.25, 0.3) is 5.91 Å². The molecule has 0 bridgehead atoms. The van der Waals surface area contributed by atoms with Crippen LogP contribution in [0.2, 0.25) is 0 Å². The maximum absolute atomic E-state index is 11.8. The maximum Gasteiger partial charge on any atom is 0.261 e. The van der Waals surface area contributed by atoms with Gasteiger partial charge in [-0.15, -0.1) is 11.3 Å². The second-order valence-electron chi connectivity index (χ2n) is 5.52. The van der Waals surface area contributed by atoms with Crippen molar-refractivity contribution in [3.63, 3.8) is 0 Å². The number of nitrogens with zero attached hydrogens (tertiary/aromatic N) is 1. The van der Waals surface area contributed by atoms with Gasteiger partial charge in [0, 0.05) is 10.4 Å². The summed E-state index contributed by atoms with van der Waals surface area (Å²) in [6.45, 7) is 5.74. The summed E-state index contributed by atoms with van der Waals surface area (Å²) in [6.07, 6.45) is 1.62. The Morgan fingerprint density at radius 2 is 2.04 bits per heavy atom. The van der Waals surface area contributed by atoms with Crippen molar-refractivity contribution in [2.45, 2.75) is 32.9 Å². The van der Waals surface area contributed by atoms with Crippen LogP contribution in [0.1, 0.15) is 37.3 Å². The molecule has 1 unspecified atom stereocenters. The highest BCUT2D eigenvalue weighted by atomic mass is 32.1. The summed E-state index contributed by atoms with van der Waals surface area (Å²) in [7, 11) is 0. The van der Waals surface area contributed by atoms with Gasteiger partial charge in [-0.25, -0.2) is 0 Å². The van der Waals surface area contributed by atoms with Crippen LogP contribution in [0.5, 0.6) is 5.75 Å². The number of oxime groups is 1. The van der Waals surface area contributed by atoms with Crippen LogP contribution in [-0.2, 0) is 9.63 Å². The lowest BCUT2D eigenvalue weighted by Gasteiger charge is -2.12. The van der Waals surface area contributed by atoms with Crippen LogP contribution in [0.4, 0.5) is 0 Å². The van der Waals surface area contributed by atoms with Gasteiger partial charge in [-0.3, -0.25) is 4.79 Å². The van der Waals surface area contributed by atoms with Crippen molar-refractivity contribution in [2.75, 3.05) is 6.61 Å². The van der Waals surface area contributed by atoms with Crippen molar-refractivity contribution in [1.29, 1.82) is 0 Å². The van der Waals surface area contributed by atoms with E-state index in [0.29, 0.717) is 0 Å². The highest BCUT2D eigenvalue weighted by Crippen LogP contribution is 2.18. The summed E-state index contributed by atoms with van der Waals surface area (Å²) in [6, 6.07) is 11.4. The fourth-order valence-corrected chi connectivity index (χ4v) is 2.76. The smallest absolute Gasteiger partial charge is 0.261 e. The number of nitrogens with one attached hydrogen (secondary N) is 1. The van der Waals surface area contributed by atoms with E-state index >= 15 is 0 Å². The van der Waals surface area contributed by atoms with Gasteiger partial charge in [0.1, 0.15) is 5.75 Å². The number of para-hydroxylation sites is 1. The zero-order chi connectivity index (χ0) is 17.4. The van der Waals surface area contributed by atoms with E-state index in [1.54, 1.807) is 17.6 Å². The minimum Gasteiger partial charge on any atom is -0.490 e. The molecule has 0 spiro atoms. The number of ether oxygens (including phenoxy) is 1. The van der Waals surface area contributed by atoms with Gasteiger partial charge in [0.05, 0.1) is 18.4 Å². The van der Waals surface area contributed by atoms with Gasteiger partial charge >= 0.3 is 0 Å². The van der Waals surface area contributed by atoms with Crippen LogP contribution >= 0.6 is 11.3 Å². The third-order valence-electron chi connectivity index (χ3n) is 3.09. The largest absolute Gasteiger partial charge is 0.490 e. The normalized spacial score (nSPS) is 12.3. The molecular formula is C18H22N2O3S. The van der Waals surface area contributed by atoms with E-state index in [9.17, 15) is 4.79 Å². The van der Waals surface area contributed by atoms with Crippen LogP contribution < -0.4 is 10.1 Å². The molecule has 0 aliphatic carbocycles. The first-order valence-corrected chi connectivity index (χ1v) is 8.68. The van der Waals surface area contributed by atoms with E-state index in [4.69, 9.17) is 9.57 Å². The predicted octanol–water partition coefficient (Wildman–Crippen LogP) is 3.76. The van der Waals surface area contributed by atoms with Gasteiger partial charge in [-0.2, -0.15) is 0 Å². The first kappa shape index (κ1) is 18.0. The average Bonchev–Trinajstić information content (AvgIpc) is 3.07. The van der Waals surface area contributed by atoms with Crippen molar-refractivity contribution in [1.82, 2.24) is 5.32 Å². The Hall–Kier alpha value is -2.34. The van der Waals surface area contributed by atoms with Gasteiger partial charge in [-0.05, 0) is 44.4 Å². The van der Waals surface area contributed by atoms with Crippen molar-refractivity contribution < 1.29 is 14.4 Å². The summed E-state index contributed by atoms with van der Waals surface area (Å²) >= 11 is 1.61. The molecule has 1 aromatic carbocycles. The maximum atomic E-state index is 11.8. The Labute approximate surface area is 146 Å². The molecule has 2 aromatic rings. The molecule has 1 amide bonds. The summed E-state index contributed by atoms with van der Waals surface area (Å²) in [5, 5.41) is 8.70. The summed E-state index contributed by atoms with van der Waals surface area (Å²) in [4.78, 5) is 18.0. The first-order chi connectivity index (χ1) is 11.6. The number of carbonyl (C=O) groups excluding carboxylic acids is 1. The molecule has 0 saturated carbocycles. The average molecular weight is 346 g/mol. The monoisotopic (exact) mass is 346 g/mol. The number of thiophene rings is 1. The Kier molecular flexibility index (Phi) is 6.81. The lowest BCUT2D eigenvalue weighted by atomic mass is 10.2. The van der Waals surface area contributed by atoms with E-state index in [1.165, 1.54) is 0 Å². The Morgan fingerprint density at radius 3 is 2.75 bits per heavy atom. The molecule has 0 saturated heterocycles. The third kappa shape index (κ3) is 5.70. The molecule has 6 heteroatoms. The quantitative estimate of drug-likeness (QED) is 0.585. The Morgan fingerprint density at radius 1 is 1.25 bits per heavy atom. The highest BCUT2D eigenvalue weighted by Gasteiger charge is 2.10. The fraction of sp³-hybridized carbons (Fsp3) is 0.333. The van der Waals surface area contributed by atoms with Crippen molar-refractivity contribution in [3.05, 3.63) is 52.2 Å². The van der Waals surface area contributed by atoms with Gasteiger partial charge < -0.3 is 14.9 Å². The van der Waals surface area contributed by atoms with Gasteiger partial charge in [-0.1, -0.05) is 23.4 Å². The van der Waals surface area contributed by atoms with E-state index in [0.717, 1.165) is 16.2 Å². The van der Waals surface area contributed by atoms with Crippen LogP contribution in [0.25, 0.3) is 0 Å². The zero-order valence-corrected chi connectivity index (χ0v) is 14.9. The number of carbonyl (C=O) groups is 1. The molecule has 0 fully saturated rings. The van der Waals surface area contributed by atoms with E-state index in [1.807, 2.05) is 62.5 Å². The minimum atomic E-state index is -0.209. The highest BCUT2D eigenvalue weighted by molar-refractivity contribution is 7.10. The third-order valence-corrected chi connectivity index (χ3v) is 4.15. The van der Waals surface area contributed by atoms with Crippen molar-refractivity contribution in [2.24, 2.45) is 5.16 Å². The first-order valence-electron chi connectivity index (χ1n) is 7.80. The molecule has 1 atom stereocenters. The Bertz CT molecular complexity index is 669. The van der Waals surface area contributed by atoms with Crippen molar-refractivity contribution in [3.8, 4) is 5.75 Å². The number of rotatable bonds is 8. The molecule has 24 heavy (non-hydrogen) atoms.